The van der Waals surface area contributed by atoms with E-state index in [1.54, 1.807) is 0 Å². The molecule has 3 amide bonds. The van der Waals surface area contributed by atoms with Crippen molar-refractivity contribution in [3.8, 4) is 0 Å². The summed E-state index contributed by atoms with van der Waals surface area (Å²) in [7, 11) is 0. The zero-order valence-electron chi connectivity index (χ0n) is 14.8. The molecule has 1 aliphatic carbocycles. The van der Waals surface area contributed by atoms with Crippen LogP contribution < -0.4 is 10.6 Å². The molecule has 1 fully saturated rings. The normalized spacial score (nSPS) is 16.9. The topological polar surface area (TPSA) is 74.3 Å². The van der Waals surface area contributed by atoms with Crippen molar-refractivity contribution in [3.05, 3.63) is 44.9 Å². The lowest BCUT2D eigenvalue weighted by molar-refractivity contribution is 0.0735. The van der Waals surface area contributed by atoms with Gasteiger partial charge in [0.05, 0.1) is 17.8 Å². The molecule has 2 N–H and O–H groups in total. The van der Waals surface area contributed by atoms with Gasteiger partial charge in [-0.3, -0.25) is 10.1 Å². The van der Waals surface area contributed by atoms with Gasteiger partial charge < -0.3 is 10.2 Å². The van der Waals surface area contributed by atoms with E-state index in [1.807, 2.05) is 29.2 Å². The highest BCUT2D eigenvalue weighted by Crippen LogP contribution is 2.30. The van der Waals surface area contributed by atoms with E-state index in [0.29, 0.717) is 30.2 Å². The number of urea groups is 1. The van der Waals surface area contributed by atoms with E-state index in [4.69, 9.17) is 0 Å². The number of hydrogen-bond acceptors (Lipinski definition) is 4. The summed E-state index contributed by atoms with van der Waals surface area (Å²) in [6, 6.07) is 7.55. The number of halogens is 1. The SMILES string of the molecule is O=C(Nc1nc2c(s1)CN(C(=O)c1ccccc1Br)CC2)NC1CCCC1. The number of carbonyl (C=O) groups is 2. The number of thiazole rings is 1. The van der Waals surface area contributed by atoms with E-state index in [-0.39, 0.29) is 18.0 Å². The summed E-state index contributed by atoms with van der Waals surface area (Å²) in [5.41, 5.74) is 1.65. The molecule has 1 aliphatic heterocycles. The van der Waals surface area contributed by atoms with Gasteiger partial charge in [-0.15, -0.1) is 0 Å². The van der Waals surface area contributed by atoms with Crippen LogP contribution in [0.1, 0.15) is 46.6 Å². The van der Waals surface area contributed by atoms with Crippen LogP contribution >= 0.6 is 27.3 Å². The first-order valence-corrected chi connectivity index (χ1v) is 10.8. The summed E-state index contributed by atoms with van der Waals surface area (Å²) < 4.78 is 0.802. The Bertz CT molecular complexity index is 863. The first kappa shape index (κ1) is 18.4. The van der Waals surface area contributed by atoms with Crippen molar-refractivity contribution in [2.45, 2.75) is 44.7 Å². The summed E-state index contributed by atoms with van der Waals surface area (Å²) >= 11 is 4.90. The third-order valence-electron chi connectivity index (χ3n) is 5.03. The van der Waals surface area contributed by atoms with Gasteiger partial charge in [0.25, 0.3) is 5.91 Å². The highest BCUT2D eigenvalue weighted by molar-refractivity contribution is 9.10. The molecular formula is C19H21BrN4O2S. The summed E-state index contributed by atoms with van der Waals surface area (Å²) in [5, 5.41) is 6.47. The molecule has 6 nitrogen and oxygen atoms in total. The fourth-order valence-electron chi connectivity index (χ4n) is 3.62. The van der Waals surface area contributed by atoms with Crippen molar-refractivity contribution in [2.75, 3.05) is 11.9 Å². The highest BCUT2D eigenvalue weighted by atomic mass is 79.9. The minimum atomic E-state index is -0.186. The summed E-state index contributed by atoms with van der Waals surface area (Å²) in [6.07, 6.45) is 5.16. The second kappa shape index (κ2) is 7.98. The van der Waals surface area contributed by atoms with Crippen molar-refractivity contribution >= 4 is 44.3 Å². The summed E-state index contributed by atoms with van der Waals surface area (Å²) in [4.78, 5) is 32.4. The van der Waals surface area contributed by atoms with Crippen molar-refractivity contribution in [3.63, 3.8) is 0 Å². The van der Waals surface area contributed by atoms with Gasteiger partial charge in [0.1, 0.15) is 0 Å². The molecular weight excluding hydrogens is 428 g/mol. The Kier molecular flexibility index (Phi) is 5.45. The molecule has 2 aliphatic rings. The summed E-state index contributed by atoms with van der Waals surface area (Å²) in [5.74, 6) is 0.00927. The van der Waals surface area contributed by atoms with Crippen molar-refractivity contribution in [1.29, 1.82) is 0 Å². The number of carbonyl (C=O) groups excluding carboxylic acids is 2. The lowest BCUT2D eigenvalue weighted by Crippen LogP contribution is -2.36. The molecule has 0 unspecified atom stereocenters. The van der Waals surface area contributed by atoms with E-state index in [2.05, 4.69) is 31.5 Å². The number of fused-ring (bicyclic) bond motifs is 1. The molecule has 8 heteroatoms. The monoisotopic (exact) mass is 448 g/mol. The zero-order valence-corrected chi connectivity index (χ0v) is 17.2. The fraction of sp³-hybridized carbons (Fsp3) is 0.421. The average molecular weight is 449 g/mol. The number of nitrogens with zero attached hydrogens (tertiary/aromatic N) is 2. The van der Waals surface area contributed by atoms with Crippen LogP contribution in [0.5, 0.6) is 0 Å². The van der Waals surface area contributed by atoms with Crippen LogP contribution in [-0.4, -0.2) is 34.4 Å². The van der Waals surface area contributed by atoms with Gasteiger partial charge in [0.2, 0.25) is 0 Å². The predicted octanol–water partition coefficient (Wildman–Crippen LogP) is 4.17. The largest absolute Gasteiger partial charge is 0.335 e. The number of aromatic nitrogens is 1. The minimum absolute atomic E-state index is 0.00927. The molecule has 4 rings (SSSR count). The van der Waals surface area contributed by atoms with Crippen molar-refractivity contribution in [2.24, 2.45) is 0 Å². The Hall–Kier alpha value is -1.93. The Balaban J connectivity index is 1.40. The maximum Gasteiger partial charge on any atom is 0.321 e. The lowest BCUT2D eigenvalue weighted by Gasteiger charge is -2.26. The van der Waals surface area contributed by atoms with Gasteiger partial charge in [-0.1, -0.05) is 36.3 Å². The molecule has 1 saturated carbocycles. The Morgan fingerprint density at radius 1 is 1.22 bits per heavy atom. The number of hydrogen-bond donors (Lipinski definition) is 2. The maximum absolute atomic E-state index is 12.8. The average Bonchev–Trinajstić information content (AvgIpc) is 3.29. The van der Waals surface area contributed by atoms with E-state index < -0.39 is 0 Å². The molecule has 2 heterocycles. The van der Waals surface area contributed by atoms with Crippen LogP contribution in [0.4, 0.5) is 9.93 Å². The molecule has 0 atom stereocenters. The molecule has 1 aromatic carbocycles. The maximum atomic E-state index is 12.8. The number of rotatable bonds is 3. The number of amides is 3. The summed E-state index contributed by atoms with van der Waals surface area (Å²) in [6.45, 7) is 1.16. The van der Waals surface area contributed by atoms with Crippen LogP contribution in [0, 0.1) is 0 Å². The predicted molar refractivity (Wildman–Crippen MR) is 109 cm³/mol. The van der Waals surface area contributed by atoms with E-state index in [1.165, 1.54) is 24.2 Å². The number of nitrogens with one attached hydrogen (secondary N) is 2. The third-order valence-corrected chi connectivity index (χ3v) is 6.72. The van der Waals surface area contributed by atoms with Gasteiger partial charge >= 0.3 is 6.03 Å². The number of benzene rings is 1. The smallest absolute Gasteiger partial charge is 0.321 e. The van der Waals surface area contributed by atoms with Gasteiger partial charge in [0, 0.05) is 28.4 Å². The third kappa shape index (κ3) is 4.16. The van der Waals surface area contributed by atoms with E-state index in [0.717, 1.165) is 27.9 Å². The van der Waals surface area contributed by atoms with Crippen molar-refractivity contribution in [1.82, 2.24) is 15.2 Å². The molecule has 0 bridgehead atoms. The van der Waals surface area contributed by atoms with Gasteiger partial charge in [-0.05, 0) is 40.9 Å². The first-order chi connectivity index (χ1) is 13.1. The fourth-order valence-corrected chi connectivity index (χ4v) is 5.09. The highest BCUT2D eigenvalue weighted by Gasteiger charge is 2.26. The van der Waals surface area contributed by atoms with Crippen molar-refractivity contribution < 1.29 is 9.59 Å². The Morgan fingerprint density at radius 3 is 2.78 bits per heavy atom. The number of anilines is 1. The van der Waals surface area contributed by atoms with Crippen LogP contribution in [0.25, 0.3) is 0 Å². The lowest BCUT2D eigenvalue weighted by atomic mass is 10.1. The van der Waals surface area contributed by atoms with Gasteiger partial charge in [-0.2, -0.15) is 0 Å². The molecule has 2 aromatic rings. The zero-order chi connectivity index (χ0) is 18.8. The molecule has 0 saturated heterocycles. The minimum Gasteiger partial charge on any atom is -0.335 e. The molecule has 0 radical (unpaired) electrons. The molecule has 27 heavy (non-hydrogen) atoms. The molecule has 1 aromatic heterocycles. The van der Waals surface area contributed by atoms with Crippen LogP contribution in [-0.2, 0) is 13.0 Å². The van der Waals surface area contributed by atoms with Crippen LogP contribution in [0.2, 0.25) is 0 Å². The standard InChI is InChI=1S/C19H21BrN4O2S/c20-14-8-4-3-7-13(14)17(25)24-10-9-15-16(11-24)27-19(22-15)23-18(26)21-12-5-1-2-6-12/h3-4,7-8,12H,1-2,5-6,9-11H2,(H2,21,22,23,26). The second-order valence-corrected chi connectivity index (χ2v) is 8.86. The van der Waals surface area contributed by atoms with Gasteiger partial charge in [-0.25, -0.2) is 9.78 Å². The van der Waals surface area contributed by atoms with Crippen LogP contribution in [0.3, 0.4) is 0 Å². The Morgan fingerprint density at radius 2 is 2.00 bits per heavy atom. The molecule has 142 valence electrons. The van der Waals surface area contributed by atoms with E-state index >= 15 is 0 Å². The van der Waals surface area contributed by atoms with Gasteiger partial charge in [0.15, 0.2) is 5.13 Å². The van der Waals surface area contributed by atoms with Crippen LogP contribution in [0.15, 0.2) is 28.7 Å². The quantitative estimate of drug-likeness (QED) is 0.739. The van der Waals surface area contributed by atoms with E-state index in [9.17, 15) is 9.59 Å². The second-order valence-electron chi connectivity index (χ2n) is 6.93. The molecule has 0 spiro atoms. The first-order valence-electron chi connectivity index (χ1n) is 9.20. The Labute approximate surface area is 170 Å².